The van der Waals surface area contributed by atoms with E-state index in [1.54, 1.807) is 0 Å². The number of rotatable bonds is 8. The second kappa shape index (κ2) is 20.4. The van der Waals surface area contributed by atoms with Crippen LogP contribution in [0.4, 0.5) is 34.1 Å². The van der Waals surface area contributed by atoms with Crippen molar-refractivity contribution in [1.29, 1.82) is 0 Å². The van der Waals surface area contributed by atoms with E-state index in [2.05, 4.69) is 205 Å². The van der Waals surface area contributed by atoms with Gasteiger partial charge in [-0.1, -0.05) is 136 Å². The van der Waals surface area contributed by atoms with Crippen LogP contribution in [0.2, 0.25) is 0 Å². The fraction of sp³-hybridized carbons (Fsp3) is 0.161. The predicted molar refractivity (Wildman–Crippen MR) is 287 cm³/mol. The Hall–Kier alpha value is -7.74. The third-order valence-electron chi connectivity index (χ3n) is 11.7. The molecule has 0 aliphatic rings. The first-order valence-corrected chi connectivity index (χ1v) is 22.8. The van der Waals surface area contributed by atoms with E-state index in [9.17, 15) is 5.11 Å². The molecule has 2 bridgehead atoms. The number of hydrogen-bond donors (Lipinski definition) is 1. The van der Waals surface area contributed by atoms with Gasteiger partial charge in [0.05, 0.1) is 22.7 Å². The molecule has 0 spiro atoms. The minimum absolute atomic E-state index is 0.224. The second-order valence-electron chi connectivity index (χ2n) is 16.9. The Balaban J connectivity index is 0.00000125. The highest BCUT2D eigenvalue weighted by atomic mass is 16.3. The van der Waals surface area contributed by atoms with Gasteiger partial charge >= 0.3 is 0 Å². The van der Waals surface area contributed by atoms with Crippen LogP contribution >= 0.6 is 0 Å². The molecular weight excluding hydrogens is 805 g/mol. The lowest BCUT2D eigenvalue weighted by molar-refractivity contribution is 0.475. The lowest BCUT2D eigenvalue weighted by Gasteiger charge is -2.29. The average Bonchev–Trinajstić information content (AvgIpc) is 3.70. The summed E-state index contributed by atoms with van der Waals surface area (Å²) in [5.41, 5.74) is 14.9. The molecule has 0 radical (unpaired) electrons. The summed E-state index contributed by atoms with van der Waals surface area (Å²) in [6.07, 6.45) is 15.3. The first kappa shape index (κ1) is 46.3. The number of anilines is 6. The second-order valence-corrected chi connectivity index (χ2v) is 16.9. The number of phenolic OH excluding ortho intramolecular Hbond substituents is 1. The number of para-hydroxylation sites is 3. The number of furan rings is 1. The summed E-state index contributed by atoms with van der Waals surface area (Å²) in [5.74, 6) is 0.224. The van der Waals surface area contributed by atoms with Crippen LogP contribution in [0.25, 0.3) is 49.1 Å². The molecule has 0 aliphatic heterocycles. The molecule has 66 heavy (non-hydrogen) atoms. The number of allylic oxidation sites excluding steroid dienone is 4. The largest absolute Gasteiger partial charge is 0.505 e. The number of hydrogen-bond acceptors (Lipinski definition) is 4. The highest BCUT2D eigenvalue weighted by molar-refractivity contribution is 6.13. The van der Waals surface area contributed by atoms with E-state index < -0.39 is 0 Å². The van der Waals surface area contributed by atoms with Crippen LogP contribution in [0.1, 0.15) is 67.5 Å². The standard InChI is InChI=1S/C57H50N2O2.C3H8.C2H2/c1-8-16-41(9-2)46-19-14-23-53(55(46)60)59(45-33-38(5)30-39(6)34-45)52-28-27-42-25-26-43-35-50(42)47(52)18-11-10-12-22-51(43)58(44-31-36(3)29-37(4)32-44)54-24-15-21-49-48-20-13-17-40(7)56(48)61-57(49)54;1-3-2;1-2/h8-35,60H,1-7H3;3H2,1-2H3;1-2H/b11-10?,12-10?,16-8-,18-11?,22-12?,41-9+,47-18?,51-22?,51-43?;;. The summed E-state index contributed by atoms with van der Waals surface area (Å²) in [6.45, 7) is 18.9. The van der Waals surface area contributed by atoms with Crippen molar-refractivity contribution in [1.82, 2.24) is 0 Å². The molecule has 8 aromatic carbocycles. The van der Waals surface area contributed by atoms with Gasteiger partial charge in [0.1, 0.15) is 11.3 Å². The van der Waals surface area contributed by atoms with Crippen LogP contribution in [0.15, 0.2) is 174 Å². The van der Waals surface area contributed by atoms with Crippen LogP contribution in [0, 0.1) is 47.5 Å². The van der Waals surface area contributed by atoms with Gasteiger partial charge in [-0.05, 0) is 153 Å². The summed E-state index contributed by atoms with van der Waals surface area (Å²) >= 11 is 0. The molecule has 0 saturated carbocycles. The Morgan fingerprint density at radius 1 is 0.515 bits per heavy atom. The molecule has 1 aromatic heterocycles. The number of fused-ring (bicyclic) bond motifs is 4. The molecule has 0 unspecified atom stereocenters. The van der Waals surface area contributed by atoms with Crippen molar-refractivity contribution in [2.75, 3.05) is 9.80 Å². The molecule has 1 heterocycles. The Kier molecular flexibility index (Phi) is 14.3. The Morgan fingerprint density at radius 2 is 1.03 bits per heavy atom. The Labute approximate surface area is 391 Å². The number of aryl methyl sites for hydroxylation is 5. The molecule has 330 valence electrons. The topological polar surface area (TPSA) is 39.9 Å². The van der Waals surface area contributed by atoms with Gasteiger partial charge in [0.2, 0.25) is 0 Å². The lowest BCUT2D eigenvalue weighted by Crippen LogP contribution is -2.12. The minimum Gasteiger partial charge on any atom is -0.505 e. The van der Waals surface area contributed by atoms with Crippen LogP contribution in [-0.4, -0.2) is 5.11 Å². The summed E-state index contributed by atoms with van der Waals surface area (Å²) < 4.78 is 6.83. The zero-order chi connectivity index (χ0) is 47.1. The van der Waals surface area contributed by atoms with E-state index >= 15 is 0 Å². The Morgan fingerprint density at radius 3 is 1.67 bits per heavy atom. The van der Waals surface area contributed by atoms with Gasteiger partial charge in [0, 0.05) is 33.1 Å². The molecule has 4 heteroatoms. The third kappa shape index (κ3) is 9.12. The van der Waals surface area contributed by atoms with Gasteiger partial charge in [-0.25, -0.2) is 0 Å². The molecule has 0 fully saturated rings. The molecule has 1 N–H and O–H groups in total. The van der Waals surface area contributed by atoms with Crippen molar-refractivity contribution >= 4 is 83.2 Å². The molecule has 0 atom stereocenters. The van der Waals surface area contributed by atoms with E-state index in [-0.39, 0.29) is 5.75 Å². The monoisotopic (exact) mass is 864 g/mol. The fourth-order valence-electron chi connectivity index (χ4n) is 9.09. The SMILES string of the molecule is C#C.C/C=C\C(=C/C)c1cccc(N(c2cc(C)cc(C)c2)c2ccc3ccc4cc3c2cccccc4N(c2cc(C)cc(C)c2)c2cccc3c2oc2c(C)cccc23)c1O.CCC. The van der Waals surface area contributed by atoms with Crippen LogP contribution in [0.3, 0.4) is 0 Å². The van der Waals surface area contributed by atoms with Crippen molar-refractivity contribution in [3.05, 3.63) is 203 Å². The van der Waals surface area contributed by atoms with Crippen molar-refractivity contribution in [3.63, 3.8) is 0 Å². The highest BCUT2D eigenvalue weighted by Crippen LogP contribution is 2.48. The fourth-order valence-corrected chi connectivity index (χ4v) is 9.09. The van der Waals surface area contributed by atoms with Gasteiger partial charge in [0.15, 0.2) is 5.58 Å². The summed E-state index contributed by atoms with van der Waals surface area (Å²) in [5, 5.41) is 18.7. The number of terminal acetylenes is 1. The van der Waals surface area contributed by atoms with Crippen LogP contribution in [-0.2, 0) is 0 Å². The van der Waals surface area contributed by atoms with Gasteiger partial charge < -0.3 is 19.3 Å². The van der Waals surface area contributed by atoms with Crippen molar-refractivity contribution in [2.45, 2.75) is 68.7 Å². The van der Waals surface area contributed by atoms with Gasteiger partial charge in [0.25, 0.3) is 0 Å². The maximum absolute atomic E-state index is 12.2. The maximum Gasteiger partial charge on any atom is 0.159 e. The molecular formula is C62H60N2O2. The summed E-state index contributed by atoms with van der Waals surface area (Å²) in [4.78, 5) is 4.57. The molecule has 0 aliphatic carbocycles. The van der Waals surface area contributed by atoms with Crippen molar-refractivity contribution < 1.29 is 9.52 Å². The van der Waals surface area contributed by atoms with Crippen molar-refractivity contribution in [2.24, 2.45) is 0 Å². The predicted octanol–water partition coefficient (Wildman–Crippen LogP) is 18.3. The number of phenols is 1. The normalized spacial score (nSPS) is 11.3. The number of nitrogens with zero attached hydrogens (tertiary/aromatic N) is 2. The van der Waals surface area contributed by atoms with Crippen LogP contribution in [0.5, 0.6) is 5.75 Å². The van der Waals surface area contributed by atoms with Gasteiger partial charge in [-0.15, -0.1) is 12.8 Å². The van der Waals surface area contributed by atoms with E-state index in [1.165, 1.54) is 17.5 Å². The Bertz CT molecular complexity index is 3290. The number of aromatic hydroxyl groups is 1. The maximum atomic E-state index is 12.2. The highest BCUT2D eigenvalue weighted by Gasteiger charge is 2.24. The average molecular weight is 865 g/mol. The van der Waals surface area contributed by atoms with Crippen molar-refractivity contribution in [3.8, 4) is 18.6 Å². The summed E-state index contributed by atoms with van der Waals surface area (Å²) in [7, 11) is 0. The lowest BCUT2D eigenvalue weighted by atomic mass is 9.98. The zero-order valence-corrected chi connectivity index (χ0v) is 39.8. The first-order chi connectivity index (χ1) is 32.0. The summed E-state index contributed by atoms with van der Waals surface area (Å²) in [6, 6.07) is 54.1. The van der Waals surface area contributed by atoms with E-state index in [1.807, 2.05) is 50.3 Å². The molecule has 9 aromatic rings. The molecule has 0 saturated heterocycles. The van der Waals surface area contributed by atoms with E-state index in [4.69, 9.17) is 4.42 Å². The van der Waals surface area contributed by atoms with E-state index in [0.717, 1.165) is 99.7 Å². The third-order valence-corrected chi connectivity index (χ3v) is 11.7. The molecule has 9 rings (SSSR count). The smallest absolute Gasteiger partial charge is 0.159 e. The quantitative estimate of drug-likeness (QED) is 0.122. The minimum atomic E-state index is 0.224. The van der Waals surface area contributed by atoms with E-state index in [0.29, 0.717) is 5.69 Å². The van der Waals surface area contributed by atoms with Gasteiger partial charge in [-0.3, -0.25) is 0 Å². The first-order valence-electron chi connectivity index (χ1n) is 22.8. The molecule has 0 amide bonds. The van der Waals surface area contributed by atoms with Crippen LogP contribution < -0.4 is 9.80 Å². The zero-order valence-electron chi connectivity index (χ0n) is 39.8. The molecule has 4 nitrogen and oxygen atoms in total. The van der Waals surface area contributed by atoms with Gasteiger partial charge in [-0.2, -0.15) is 0 Å². The number of benzene rings is 7.